The summed E-state index contributed by atoms with van der Waals surface area (Å²) in [6.07, 6.45) is 4.72. The second kappa shape index (κ2) is 6.71. The van der Waals surface area contributed by atoms with Crippen LogP contribution in [0.2, 0.25) is 0 Å². The zero-order valence-corrected chi connectivity index (χ0v) is 11.4. The molecule has 1 fully saturated rings. The van der Waals surface area contributed by atoms with Crippen molar-refractivity contribution in [2.75, 3.05) is 38.8 Å². The second-order valence-electron chi connectivity index (χ2n) is 5.02. The maximum Gasteiger partial charge on any atom is 0.128 e. The summed E-state index contributed by atoms with van der Waals surface area (Å²) >= 11 is 0. The Bertz CT molecular complexity index is 349. The minimum absolute atomic E-state index is 0.746. The summed E-state index contributed by atoms with van der Waals surface area (Å²) in [4.78, 5) is 6.76. The molecule has 4 heteroatoms. The Balaban J connectivity index is 1.76. The van der Waals surface area contributed by atoms with E-state index in [0.717, 1.165) is 38.0 Å². The van der Waals surface area contributed by atoms with Crippen LogP contribution in [0.25, 0.3) is 0 Å². The van der Waals surface area contributed by atoms with Crippen molar-refractivity contribution in [2.45, 2.75) is 19.4 Å². The maximum absolute atomic E-state index is 4.99. The molecule has 1 aromatic rings. The van der Waals surface area contributed by atoms with E-state index in [2.05, 4.69) is 34.4 Å². The van der Waals surface area contributed by atoms with E-state index >= 15 is 0 Å². The summed E-state index contributed by atoms with van der Waals surface area (Å²) in [6.45, 7) is 3.61. The number of pyridine rings is 1. The third-order valence-electron chi connectivity index (χ3n) is 3.24. The van der Waals surface area contributed by atoms with Crippen molar-refractivity contribution >= 4 is 5.82 Å². The molecule has 1 N–H and O–H groups in total. The smallest absolute Gasteiger partial charge is 0.128 e. The molecule has 0 saturated heterocycles. The molecular formula is C14H23N3O. The zero-order chi connectivity index (χ0) is 12.8. The summed E-state index contributed by atoms with van der Waals surface area (Å²) < 4.78 is 4.99. The van der Waals surface area contributed by atoms with E-state index in [1.54, 1.807) is 7.11 Å². The summed E-state index contributed by atoms with van der Waals surface area (Å²) in [6, 6.07) is 4.25. The molecule has 0 aliphatic heterocycles. The molecule has 0 bridgehead atoms. The standard InChI is InChI=1S/C14H23N3O/c1-17(11-12-3-4-12)14-6-5-13(10-16-14)9-15-7-8-18-2/h5-6,10,12,15H,3-4,7-9,11H2,1-2H3. The summed E-state index contributed by atoms with van der Waals surface area (Å²) in [7, 11) is 3.84. The molecule has 0 amide bonds. The highest BCUT2D eigenvalue weighted by Gasteiger charge is 2.23. The first-order chi connectivity index (χ1) is 8.79. The largest absolute Gasteiger partial charge is 0.383 e. The Morgan fingerprint density at radius 1 is 1.44 bits per heavy atom. The fourth-order valence-corrected chi connectivity index (χ4v) is 1.94. The number of rotatable bonds is 8. The quantitative estimate of drug-likeness (QED) is 0.711. The van der Waals surface area contributed by atoms with Gasteiger partial charge in [0.2, 0.25) is 0 Å². The van der Waals surface area contributed by atoms with Gasteiger partial charge in [0, 0.05) is 40.0 Å². The van der Waals surface area contributed by atoms with Gasteiger partial charge in [-0.1, -0.05) is 6.07 Å². The molecule has 0 unspecified atom stereocenters. The Labute approximate surface area is 109 Å². The average Bonchev–Trinajstić information content (AvgIpc) is 3.19. The molecule has 1 saturated carbocycles. The lowest BCUT2D eigenvalue weighted by Crippen LogP contribution is -2.21. The lowest BCUT2D eigenvalue weighted by Gasteiger charge is -2.17. The highest BCUT2D eigenvalue weighted by molar-refractivity contribution is 5.38. The maximum atomic E-state index is 4.99. The summed E-state index contributed by atoms with van der Waals surface area (Å²) in [5.41, 5.74) is 1.22. The third kappa shape index (κ3) is 4.27. The Kier molecular flexibility index (Phi) is 4.96. The topological polar surface area (TPSA) is 37.4 Å². The lowest BCUT2D eigenvalue weighted by atomic mass is 10.2. The normalized spacial score (nSPS) is 14.8. The highest BCUT2D eigenvalue weighted by Crippen LogP contribution is 2.30. The SMILES string of the molecule is COCCNCc1ccc(N(C)CC2CC2)nc1. The zero-order valence-electron chi connectivity index (χ0n) is 11.4. The second-order valence-corrected chi connectivity index (χ2v) is 5.02. The van der Waals surface area contributed by atoms with E-state index in [0.29, 0.717) is 0 Å². The third-order valence-corrected chi connectivity index (χ3v) is 3.24. The predicted octanol–water partition coefficient (Wildman–Crippen LogP) is 1.66. The van der Waals surface area contributed by atoms with Gasteiger partial charge in [-0.15, -0.1) is 0 Å². The van der Waals surface area contributed by atoms with Gasteiger partial charge < -0.3 is 15.0 Å². The van der Waals surface area contributed by atoms with Crippen LogP contribution in [0.15, 0.2) is 18.3 Å². The predicted molar refractivity (Wildman–Crippen MR) is 73.8 cm³/mol. The number of hydrogen-bond acceptors (Lipinski definition) is 4. The molecule has 1 aromatic heterocycles. The van der Waals surface area contributed by atoms with Crippen LogP contribution in [-0.2, 0) is 11.3 Å². The first-order valence-corrected chi connectivity index (χ1v) is 6.65. The number of nitrogens with one attached hydrogen (secondary N) is 1. The van der Waals surface area contributed by atoms with Crippen molar-refractivity contribution in [1.29, 1.82) is 0 Å². The molecule has 0 radical (unpaired) electrons. The monoisotopic (exact) mass is 249 g/mol. The van der Waals surface area contributed by atoms with Crippen molar-refractivity contribution in [3.63, 3.8) is 0 Å². The van der Waals surface area contributed by atoms with Crippen molar-refractivity contribution in [3.8, 4) is 0 Å². The van der Waals surface area contributed by atoms with Crippen LogP contribution in [0.1, 0.15) is 18.4 Å². The average molecular weight is 249 g/mol. The number of nitrogens with zero attached hydrogens (tertiary/aromatic N) is 2. The van der Waals surface area contributed by atoms with Gasteiger partial charge in [0.05, 0.1) is 6.61 Å². The number of hydrogen-bond donors (Lipinski definition) is 1. The van der Waals surface area contributed by atoms with Gasteiger partial charge in [0.1, 0.15) is 5.82 Å². The molecule has 4 nitrogen and oxygen atoms in total. The summed E-state index contributed by atoms with van der Waals surface area (Å²) in [5.74, 6) is 1.97. The number of ether oxygens (including phenoxy) is 1. The molecule has 1 heterocycles. The van der Waals surface area contributed by atoms with E-state index < -0.39 is 0 Å². The number of aromatic nitrogens is 1. The van der Waals surface area contributed by atoms with E-state index in [9.17, 15) is 0 Å². The molecule has 18 heavy (non-hydrogen) atoms. The van der Waals surface area contributed by atoms with E-state index in [1.165, 1.54) is 18.4 Å². The van der Waals surface area contributed by atoms with E-state index in [1.807, 2.05) is 6.20 Å². The van der Waals surface area contributed by atoms with Crippen LogP contribution in [0.4, 0.5) is 5.82 Å². The molecule has 0 spiro atoms. The molecule has 0 aromatic carbocycles. The van der Waals surface area contributed by atoms with E-state index in [4.69, 9.17) is 4.74 Å². The van der Waals surface area contributed by atoms with Crippen molar-refractivity contribution in [2.24, 2.45) is 5.92 Å². The van der Waals surface area contributed by atoms with Gasteiger partial charge >= 0.3 is 0 Å². The fraction of sp³-hybridized carbons (Fsp3) is 0.643. The molecule has 1 aliphatic carbocycles. The number of methoxy groups -OCH3 is 1. The molecule has 2 rings (SSSR count). The van der Waals surface area contributed by atoms with Crippen molar-refractivity contribution in [3.05, 3.63) is 23.9 Å². The molecule has 0 atom stereocenters. The van der Waals surface area contributed by atoms with Crippen molar-refractivity contribution in [1.82, 2.24) is 10.3 Å². The van der Waals surface area contributed by atoms with Crippen LogP contribution < -0.4 is 10.2 Å². The minimum atomic E-state index is 0.746. The molecule has 1 aliphatic rings. The van der Waals surface area contributed by atoms with Gasteiger partial charge in [-0.25, -0.2) is 4.98 Å². The van der Waals surface area contributed by atoms with Crippen LogP contribution in [0.5, 0.6) is 0 Å². The number of anilines is 1. The van der Waals surface area contributed by atoms with Crippen LogP contribution >= 0.6 is 0 Å². The van der Waals surface area contributed by atoms with Gasteiger partial charge in [-0.2, -0.15) is 0 Å². The fourth-order valence-electron chi connectivity index (χ4n) is 1.94. The van der Waals surface area contributed by atoms with Gasteiger partial charge in [0.25, 0.3) is 0 Å². The Hall–Kier alpha value is -1.13. The first kappa shape index (κ1) is 13.3. The van der Waals surface area contributed by atoms with Crippen LogP contribution in [-0.4, -0.2) is 38.8 Å². The van der Waals surface area contributed by atoms with Crippen LogP contribution in [0, 0.1) is 5.92 Å². The molecular weight excluding hydrogens is 226 g/mol. The Morgan fingerprint density at radius 2 is 2.28 bits per heavy atom. The minimum Gasteiger partial charge on any atom is -0.383 e. The molecule has 100 valence electrons. The lowest BCUT2D eigenvalue weighted by molar-refractivity contribution is 0.199. The highest BCUT2D eigenvalue weighted by atomic mass is 16.5. The van der Waals surface area contributed by atoms with Crippen LogP contribution in [0.3, 0.4) is 0 Å². The van der Waals surface area contributed by atoms with Gasteiger partial charge in [-0.05, 0) is 30.4 Å². The van der Waals surface area contributed by atoms with Gasteiger partial charge in [-0.3, -0.25) is 0 Å². The first-order valence-electron chi connectivity index (χ1n) is 6.65. The van der Waals surface area contributed by atoms with E-state index in [-0.39, 0.29) is 0 Å². The van der Waals surface area contributed by atoms with Gasteiger partial charge in [0.15, 0.2) is 0 Å². The summed E-state index contributed by atoms with van der Waals surface area (Å²) in [5, 5.41) is 3.31. The Morgan fingerprint density at radius 3 is 2.89 bits per heavy atom. The van der Waals surface area contributed by atoms with Crippen molar-refractivity contribution < 1.29 is 4.74 Å².